The summed E-state index contributed by atoms with van der Waals surface area (Å²) in [6, 6.07) is 3.03. The molecule has 0 amide bonds. The number of aromatic hydroxyl groups is 1. The molecule has 0 saturated heterocycles. The van der Waals surface area contributed by atoms with Gasteiger partial charge in [-0.2, -0.15) is 5.10 Å². The van der Waals surface area contributed by atoms with Gasteiger partial charge in [0.2, 0.25) is 0 Å². The van der Waals surface area contributed by atoms with E-state index in [1.165, 1.54) is 17.9 Å². The van der Waals surface area contributed by atoms with Gasteiger partial charge in [0, 0.05) is 12.6 Å². The molecule has 0 aliphatic heterocycles. The number of carboxylic acid groups (broad SMARTS) is 1. The van der Waals surface area contributed by atoms with Crippen LogP contribution >= 0.6 is 11.6 Å². The van der Waals surface area contributed by atoms with Crippen molar-refractivity contribution in [2.75, 3.05) is 7.11 Å². The van der Waals surface area contributed by atoms with Gasteiger partial charge in [0.1, 0.15) is 0 Å². The van der Waals surface area contributed by atoms with Crippen molar-refractivity contribution < 1.29 is 19.7 Å². The highest BCUT2D eigenvalue weighted by Crippen LogP contribution is 2.44. The molecule has 0 radical (unpaired) electrons. The summed E-state index contributed by atoms with van der Waals surface area (Å²) in [6.45, 7) is 1.76. The van der Waals surface area contributed by atoms with Gasteiger partial charge in [0.15, 0.2) is 17.2 Å². The van der Waals surface area contributed by atoms with Crippen molar-refractivity contribution in [2.45, 2.75) is 6.92 Å². The highest BCUT2D eigenvalue weighted by molar-refractivity contribution is 6.32. The molecular weight excluding hydrogens is 284 g/mol. The Morgan fingerprint density at radius 2 is 2.10 bits per heavy atom. The van der Waals surface area contributed by atoms with Crippen LogP contribution in [0.4, 0.5) is 0 Å². The lowest BCUT2D eigenvalue weighted by molar-refractivity contribution is 0.0689. The number of aryl methyl sites for hydroxylation is 2. The molecule has 2 N–H and O–H groups in total. The zero-order chi connectivity index (χ0) is 15.0. The molecule has 0 aliphatic rings. The van der Waals surface area contributed by atoms with Crippen LogP contribution < -0.4 is 4.74 Å². The standard InChI is InChI=1S/C13H13ClN2O4/c1-6-4-7(14)12(20-3)11(17)10(6)9-5-8(13(18)19)15-16(9)2/h4-5,17H,1-3H3,(H,18,19). The molecule has 20 heavy (non-hydrogen) atoms. The molecule has 0 spiro atoms. The molecule has 0 fully saturated rings. The number of rotatable bonds is 3. The molecule has 0 unspecified atom stereocenters. The molecule has 6 nitrogen and oxygen atoms in total. The Kier molecular flexibility index (Phi) is 3.59. The van der Waals surface area contributed by atoms with Crippen molar-refractivity contribution in [2.24, 2.45) is 7.05 Å². The van der Waals surface area contributed by atoms with Crippen molar-refractivity contribution in [1.29, 1.82) is 0 Å². The second-order valence-electron chi connectivity index (χ2n) is 4.28. The van der Waals surface area contributed by atoms with Crippen LogP contribution in [-0.2, 0) is 7.05 Å². The molecule has 1 aromatic heterocycles. The predicted molar refractivity (Wildman–Crippen MR) is 73.6 cm³/mol. The Morgan fingerprint density at radius 3 is 2.60 bits per heavy atom. The first-order valence-electron chi connectivity index (χ1n) is 5.70. The van der Waals surface area contributed by atoms with Gasteiger partial charge in [-0.25, -0.2) is 4.79 Å². The van der Waals surface area contributed by atoms with Gasteiger partial charge in [0.25, 0.3) is 0 Å². The highest BCUT2D eigenvalue weighted by Gasteiger charge is 2.21. The number of benzene rings is 1. The number of hydrogen-bond donors (Lipinski definition) is 2. The third kappa shape index (κ3) is 2.18. The van der Waals surface area contributed by atoms with Crippen LogP contribution in [0.1, 0.15) is 16.1 Å². The summed E-state index contributed by atoms with van der Waals surface area (Å²) in [6.07, 6.45) is 0. The fourth-order valence-electron chi connectivity index (χ4n) is 2.06. The summed E-state index contributed by atoms with van der Waals surface area (Å²) in [5.74, 6) is -1.13. The molecule has 2 aromatic rings. The van der Waals surface area contributed by atoms with Gasteiger partial charge in [-0.15, -0.1) is 0 Å². The maximum absolute atomic E-state index is 11.0. The smallest absolute Gasteiger partial charge is 0.356 e. The zero-order valence-corrected chi connectivity index (χ0v) is 11.9. The second kappa shape index (κ2) is 5.05. The molecular formula is C13H13ClN2O4. The number of phenolic OH excluding ortho intramolecular Hbond substituents is 1. The first-order valence-corrected chi connectivity index (χ1v) is 6.08. The average Bonchev–Trinajstić information content (AvgIpc) is 2.72. The first-order chi connectivity index (χ1) is 9.36. The number of ether oxygens (including phenoxy) is 1. The summed E-state index contributed by atoms with van der Waals surface area (Å²) in [4.78, 5) is 11.0. The van der Waals surface area contributed by atoms with Gasteiger partial charge in [0.05, 0.1) is 17.8 Å². The summed E-state index contributed by atoms with van der Waals surface area (Å²) in [5.41, 5.74) is 1.49. The largest absolute Gasteiger partial charge is 0.504 e. The molecule has 0 aliphatic carbocycles. The maximum Gasteiger partial charge on any atom is 0.356 e. The number of methoxy groups -OCH3 is 1. The SMILES string of the molecule is COc1c(Cl)cc(C)c(-c2cc(C(=O)O)nn2C)c1O. The van der Waals surface area contributed by atoms with E-state index in [-0.39, 0.29) is 22.2 Å². The topological polar surface area (TPSA) is 84.6 Å². The summed E-state index contributed by atoms with van der Waals surface area (Å²) in [7, 11) is 2.99. The van der Waals surface area contributed by atoms with Crippen molar-refractivity contribution in [3.05, 3.63) is 28.4 Å². The number of halogens is 1. The lowest BCUT2D eigenvalue weighted by atomic mass is 10.0. The number of carboxylic acids is 1. The lowest BCUT2D eigenvalue weighted by Gasteiger charge is -2.13. The minimum absolute atomic E-state index is 0.102. The maximum atomic E-state index is 11.0. The van der Waals surface area contributed by atoms with Crippen LogP contribution in [-0.4, -0.2) is 33.1 Å². The number of nitrogens with zero attached hydrogens (tertiary/aromatic N) is 2. The zero-order valence-electron chi connectivity index (χ0n) is 11.1. The van der Waals surface area contributed by atoms with Gasteiger partial charge in [-0.05, 0) is 24.6 Å². The summed E-state index contributed by atoms with van der Waals surface area (Å²) >= 11 is 5.99. The molecule has 0 bridgehead atoms. The number of aromatic carboxylic acids is 1. The van der Waals surface area contributed by atoms with Gasteiger partial charge < -0.3 is 14.9 Å². The normalized spacial score (nSPS) is 10.6. The lowest BCUT2D eigenvalue weighted by Crippen LogP contribution is -2.00. The van der Waals surface area contributed by atoms with Crippen LogP contribution in [0.5, 0.6) is 11.5 Å². The van der Waals surface area contributed by atoms with Crippen LogP contribution in [0.3, 0.4) is 0 Å². The van der Waals surface area contributed by atoms with E-state index in [9.17, 15) is 9.90 Å². The summed E-state index contributed by atoms with van der Waals surface area (Å²) in [5, 5.41) is 23.4. The van der Waals surface area contributed by atoms with Crippen LogP contribution in [0.15, 0.2) is 12.1 Å². The number of hydrogen-bond acceptors (Lipinski definition) is 4. The van der Waals surface area contributed by atoms with E-state index in [2.05, 4.69) is 5.10 Å². The van der Waals surface area contributed by atoms with Crippen LogP contribution in [0.2, 0.25) is 5.02 Å². The Hall–Kier alpha value is -2.21. The monoisotopic (exact) mass is 296 g/mol. The van der Waals surface area contributed by atoms with E-state index in [0.717, 1.165) is 0 Å². The summed E-state index contributed by atoms with van der Waals surface area (Å²) < 4.78 is 6.45. The second-order valence-corrected chi connectivity index (χ2v) is 4.68. The third-order valence-electron chi connectivity index (χ3n) is 2.97. The van der Waals surface area contributed by atoms with Crippen LogP contribution in [0.25, 0.3) is 11.3 Å². The molecule has 2 rings (SSSR count). The fourth-order valence-corrected chi connectivity index (χ4v) is 2.39. The Labute approximate surface area is 120 Å². The Balaban J connectivity index is 2.73. The molecule has 7 heteroatoms. The van der Waals surface area contributed by atoms with Crippen molar-refractivity contribution in [3.8, 4) is 22.8 Å². The molecule has 106 valence electrons. The third-order valence-corrected chi connectivity index (χ3v) is 3.25. The minimum atomic E-state index is -1.13. The fraction of sp³-hybridized carbons (Fsp3) is 0.231. The van der Waals surface area contributed by atoms with Crippen molar-refractivity contribution in [3.63, 3.8) is 0 Å². The van der Waals surface area contributed by atoms with E-state index in [1.807, 2.05) is 0 Å². The average molecular weight is 297 g/mol. The van der Waals surface area contributed by atoms with Crippen molar-refractivity contribution in [1.82, 2.24) is 9.78 Å². The molecule has 0 atom stereocenters. The number of carbonyl (C=O) groups is 1. The van der Waals surface area contributed by atoms with Crippen LogP contribution in [0, 0.1) is 6.92 Å². The van der Waals surface area contributed by atoms with E-state index < -0.39 is 5.97 Å². The van der Waals surface area contributed by atoms with Gasteiger partial charge in [-0.1, -0.05) is 11.6 Å². The van der Waals surface area contributed by atoms with E-state index in [4.69, 9.17) is 21.4 Å². The minimum Gasteiger partial charge on any atom is -0.504 e. The van der Waals surface area contributed by atoms with E-state index >= 15 is 0 Å². The Morgan fingerprint density at radius 1 is 1.45 bits per heavy atom. The van der Waals surface area contributed by atoms with Gasteiger partial charge >= 0.3 is 5.97 Å². The quantitative estimate of drug-likeness (QED) is 0.909. The van der Waals surface area contributed by atoms with Crippen molar-refractivity contribution >= 4 is 17.6 Å². The molecule has 1 aromatic carbocycles. The molecule has 1 heterocycles. The van der Waals surface area contributed by atoms with E-state index in [1.54, 1.807) is 20.0 Å². The highest BCUT2D eigenvalue weighted by atomic mass is 35.5. The Bertz CT molecular complexity index is 694. The predicted octanol–water partition coefficient (Wildman–Crippen LogP) is 2.46. The molecule has 0 saturated carbocycles. The number of phenols is 1. The van der Waals surface area contributed by atoms with E-state index in [0.29, 0.717) is 16.8 Å². The number of aromatic nitrogens is 2. The van der Waals surface area contributed by atoms with Gasteiger partial charge in [-0.3, -0.25) is 4.68 Å². The first kappa shape index (κ1) is 14.2.